The van der Waals surface area contributed by atoms with E-state index in [4.69, 9.17) is 9.47 Å². The van der Waals surface area contributed by atoms with Crippen molar-refractivity contribution in [3.8, 4) is 5.75 Å². The number of amides is 1. The molecule has 0 N–H and O–H groups in total. The Balaban J connectivity index is 1.36. The molecule has 1 spiro atoms. The van der Waals surface area contributed by atoms with Gasteiger partial charge in [0.25, 0.3) is 5.91 Å². The first-order valence-electron chi connectivity index (χ1n) is 7.75. The molecule has 1 atom stereocenters. The highest BCUT2D eigenvalue weighted by Crippen LogP contribution is 2.40. The first-order chi connectivity index (χ1) is 11.3. The Morgan fingerprint density at radius 1 is 1.48 bits per heavy atom. The summed E-state index contributed by atoms with van der Waals surface area (Å²) in [5, 5.41) is 3.82. The van der Waals surface area contributed by atoms with Crippen molar-refractivity contribution in [2.75, 3.05) is 26.3 Å². The topological polar surface area (TPSA) is 51.7 Å². The van der Waals surface area contributed by atoms with E-state index in [1.165, 1.54) is 0 Å². The highest BCUT2D eigenvalue weighted by molar-refractivity contribution is 7.08. The highest BCUT2D eigenvalue weighted by Gasteiger charge is 2.54. The molecule has 4 rings (SSSR count). The van der Waals surface area contributed by atoms with Gasteiger partial charge in [0.2, 0.25) is 0 Å². The van der Waals surface area contributed by atoms with Crippen molar-refractivity contribution >= 4 is 17.2 Å². The van der Waals surface area contributed by atoms with Gasteiger partial charge in [0.15, 0.2) is 0 Å². The molecule has 23 heavy (non-hydrogen) atoms. The smallest absolute Gasteiger partial charge is 0.254 e. The lowest BCUT2D eigenvalue weighted by atomic mass is 9.81. The number of hydrogen-bond donors (Lipinski definition) is 0. The molecular formula is C17H18N2O3S. The summed E-state index contributed by atoms with van der Waals surface area (Å²) in [5.74, 6) is 1.19. The summed E-state index contributed by atoms with van der Waals surface area (Å²) in [6.45, 7) is 2.65. The van der Waals surface area contributed by atoms with Crippen LogP contribution in [0.1, 0.15) is 16.8 Å². The fourth-order valence-electron chi connectivity index (χ4n) is 3.31. The van der Waals surface area contributed by atoms with Crippen LogP contribution >= 0.6 is 11.3 Å². The van der Waals surface area contributed by atoms with Gasteiger partial charge in [-0.2, -0.15) is 11.3 Å². The molecule has 4 heterocycles. The van der Waals surface area contributed by atoms with Crippen molar-refractivity contribution in [3.63, 3.8) is 0 Å². The van der Waals surface area contributed by atoms with Gasteiger partial charge < -0.3 is 14.4 Å². The molecule has 120 valence electrons. The van der Waals surface area contributed by atoms with Gasteiger partial charge in [-0.1, -0.05) is 0 Å². The molecule has 0 unspecified atom stereocenters. The summed E-state index contributed by atoms with van der Waals surface area (Å²) in [5.41, 5.74) is 0.541. The number of ether oxygens (including phenoxy) is 2. The predicted octanol–water partition coefficient (Wildman–Crippen LogP) is 2.45. The van der Waals surface area contributed by atoms with Crippen molar-refractivity contribution in [1.29, 1.82) is 0 Å². The molecule has 5 nitrogen and oxygen atoms in total. The summed E-state index contributed by atoms with van der Waals surface area (Å²) < 4.78 is 11.8. The van der Waals surface area contributed by atoms with Gasteiger partial charge in [0, 0.05) is 24.1 Å². The van der Waals surface area contributed by atoms with Crippen LogP contribution in [-0.4, -0.2) is 47.7 Å². The monoisotopic (exact) mass is 330 g/mol. The number of rotatable bonds is 4. The van der Waals surface area contributed by atoms with E-state index < -0.39 is 0 Å². The van der Waals surface area contributed by atoms with Crippen LogP contribution in [0, 0.1) is 5.92 Å². The third-order valence-corrected chi connectivity index (χ3v) is 5.34. The van der Waals surface area contributed by atoms with Gasteiger partial charge in [0.1, 0.15) is 11.4 Å². The average molecular weight is 330 g/mol. The van der Waals surface area contributed by atoms with Gasteiger partial charge >= 0.3 is 0 Å². The Labute approximate surface area is 138 Å². The van der Waals surface area contributed by atoms with Gasteiger partial charge in [-0.15, -0.1) is 0 Å². The number of likely N-dealkylation sites (tertiary alicyclic amines) is 1. The molecule has 1 amide bonds. The number of nitrogens with zero attached hydrogens (tertiary/aromatic N) is 2. The quantitative estimate of drug-likeness (QED) is 0.864. The van der Waals surface area contributed by atoms with Crippen LogP contribution in [0.25, 0.3) is 0 Å². The lowest BCUT2D eigenvalue weighted by Crippen LogP contribution is -2.66. The molecule has 0 radical (unpaired) electrons. The highest BCUT2D eigenvalue weighted by atomic mass is 32.1. The maximum Gasteiger partial charge on any atom is 0.254 e. The fourth-order valence-corrected chi connectivity index (χ4v) is 3.94. The van der Waals surface area contributed by atoms with Crippen LogP contribution in [-0.2, 0) is 4.74 Å². The van der Waals surface area contributed by atoms with E-state index in [2.05, 4.69) is 4.98 Å². The van der Waals surface area contributed by atoms with Gasteiger partial charge in [-0.25, -0.2) is 0 Å². The Hall–Kier alpha value is -1.92. The van der Waals surface area contributed by atoms with E-state index in [0.29, 0.717) is 25.6 Å². The van der Waals surface area contributed by atoms with E-state index >= 15 is 0 Å². The summed E-state index contributed by atoms with van der Waals surface area (Å²) >= 11 is 1.55. The normalized spacial score (nSPS) is 22.1. The number of carbonyl (C=O) groups is 1. The van der Waals surface area contributed by atoms with E-state index in [9.17, 15) is 4.79 Å². The Morgan fingerprint density at radius 3 is 3.13 bits per heavy atom. The zero-order valence-corrected chi connectivity index (χ0v) is 13.5. The third kappa shape index (κ3) is 2.72. The van der Waals surface area contributed by atoms with Gasteiger partial charge in [-0.05, 0) is 30.0 Å². The van der Waals surface area contributed by atoms with Crippen molar-refractivity contribution in [2.45, 2.75) is 12.0 Å². The zero-order valence-electron chi connectivity index (χ0n) is 12.7. The lowest BCUT2D eigenvalue weighted by Gasteiger charge is -2.50. The van der Waals surface area contributed by atoms with Crippen molar-refractivity contribution < 1.29 is 14.3 Å². The molecule has 0 aliphatic carbocycles. The zero-order chi connectivity index (χ0) is 15.7. The number of carbonyl (C=O) groups excluding carboxylic acids is 1. The average Bonchev–Trinajstić information content (AvgIpc) is 3.21. The van der Waals surface area contributed by atoms with E-state index in [-0.39, 0.29) is 11.5 Å². The SMILES string of the molecule is O=C(c1ccsc1)N1CC2(C1)OCC[C@@H]2COc1cccnc1. The summed E-state index contributed by atoms with van der Waals surface area (Å²) in [4.78, 5) is 18.3. The standard InChI is InChI=1S/C17H18N2O3S/c20-16(13-4-7-23-10-13)19-11-17(12-19)14(3-6-22-17)9-21-15-2-1-5-18-8-15/h1-2,4-5,7-8,10,14H,3,6,9,11-12H2/t14-/m1/s1. The van der Waals surface area contributed by atoms with Crippen molar-refractivity contribution in [3.05, 3.63) is 46.9 Å². The second-order valence-electron chi connectivity index (χ2n) is 6.07. The van der Waals surface area contributed by atoms with Gasteiger partial charge in [-0.3, -0.25) is 9.78 Å². The number of hydrogen-bond acceptors (Lipinski definition) is 5. The lowest BCUT2D eigenvalue weighted by molar-refractivity contribution is -0.122. The van der Waals surface area contributed by atoms with Crippen LogP contribution in [0.15, 0.2) is 41.4 Å². The molecule has 2 fully saturated rings. The summed E-state index contributed by atoms with van der Waals surface area (Å²) in [7, 11) is 0. The first-order valence-corrected chi connectivity index (χ1v) is 8.69. The minimum absolute atomic E-state index is 0.0966. The molecule has 2 saturated heterocycles. The largest absolute Gasteiger partial charge is 0.492 e. The van der Waals surface area contributed by atoms with Crippen LogP contribution in [0.2, 0.25) is 0 Å². The van der Waals surface area contributed by atoms with E-state index in [1.54, 1.807) is 23.7 Å². The minimum Gasteiger partial charge on any atom is -0.492 e. The fraction of sp³-hybridized carbons (Fsp3) is 0.412. The summed E-state index contributed by atoms with van der Waals surface area (Å²) in [6.07, 6.45) is 4.42. The van der Waals surface area contributed by atoms with Crippen molar-refractivity contribution in [1.82, 2.24) is 9.88 Å². The molecule has 2 aromatic heterocycles. The predicted molar refractivity (Wildman–Crippen MR) is 86.7 cm³/mol. The van der Waals surface area contributed by atoms with Gasteiger partial charge in [0.05, 0.1) is 31.5 Å². The van der Waals surface area contributed by atoms with Crippen LogP contribution in [0.4, 0.5) is 0 Å². The summed E-state index contributed by atoms with van der Waals surface area (Å²) in [6, 6.07) is 5.64. The van der Waals surface area contributed by atoms with Crippen molar-refractivity contribution in [2.24, 2.45) is 5.92 Å². The molecule has 6 heteroatoms. The minimum atomic E-state index is -0.228. The Morgan fingerprint density at radius 2 is 2.39 bits per heavy atom. The van der Waals surface area contributed by atoms with Crippen LogP contribution < -0.4 is 4.74 Å². The molecule has 0 aromatic carbocycles. The van der Waals surface area contributed by atoms with E-state index in [0.717, 1.165) is 24.3 Å². The van der Waals surface area contributed by atoms with E-state index in [1.807, 2.05) is 33.9 Å². The Bertz CT molecular complexity index is 668. The molecule has 2 aliphatic rings. The molecule has 0 saturated carbocycles. The third-order valence-electron chi connectivity index (χ3n) is 4.66. The molecule has 2 aromatic rings. The second-order valence-corrected chi connectivity index (χ2v) is 6.85. The number of thiophene rings is 1. The number of pyridine rings is 1. The molecule has 2 aliphatic heterocycles. The van der Waals surface area contributed by atoms with Crippen LogP contribution in [0.3, 0.4) is 0 Å². The Kier molecular flexibility index (Phi) is 3.79. The number of aromatic nitrogens is 1. The molecule has 0 bridgehead atoms. The maximum absolute atomic E-state index is 12.4. The second kappa shape index (κ2) is 5.94. The first kappa shape index (κ1) is 14.7. The maximum atomic E-state index is 12.4. The van der Waals surface area contributed by atoms with Crippen LogP contribution in [0.5, 0.6) is 5.75 Å². The molecular weight excluding hydrogens is 312 g/mol.